The van der Waals surface area contributed by atoms with Crippen LogP contribution in [0, 0.1) is 5.92 Å². The van der Waals surface area contributed by atoms with Crippen molar-refractivity contribution in [3.05, 3.63) is 47.1 Å². The quantitative estimate of drug-likeness (QED) is 0.744. The SMILES string of the molecule is CN1C[C@@H](C(=O)Nc2nccs2)C[C@@H]2c3cccc4[nH]cc(c34)C[C@H]21. The van der Waals surface area contributed by atoms with Crippen LogP contribution in [0.4, 0.5) is 5.13 Å². The lowest BCUT2D eigenvalue weighted by Crippen LogP contribution is -2.50. The Morgan fingerprint density at radius 3 is 3.20 bits per heavy atom. The van der Waals surface area contributed by atoms with Gasteiger partial charge >= 0.3 is 0 Å². The van der Waals surface area contributed by atoms with Gasteiger partial charge in [0.25, 0.3) is 0 Å². The lowest BCUT2D eigenvalue weighted by atomic mass is 9.72. The van der Waals surface area contributed by atoms with Crippen LogP contribution in [0.25, 0.3) is 10.9 Å². The van der Waals surface area contributed by atoms with E-state index in [9.17, 15) is 4.79 Å². The maximum absolute atomic E-state index is 12.7. The Morgan fingerprint density at radius 1 is 1.44 bits per heavy atom. The number of thiazole rings is 1. The number of hydrogen-bond acceptors (Lipinski definition) is 4. The molecule has 0 unspecified atom stereocenters. The highest BCUT2D eigenvalue weighted by Crippen LogP contribution is 2.44. The summed E-state index contributed by atoms with van der Waals surface area (Å²) in [6.45, 7) is 0.800. The Morgan fingerprint density at radius 2 is 2.36 bits per heavy atom. The second-order valence-electron chi connectivity index (χ2n) is 7.16. The lowest BCUT2D eigenvalue weighted by Gasteiger charge is -2.45. The molecule has 3 heterocycles. The van der Waals surface area contributed by atoms with Crippen LogP contribution in [0.15, 0.2) is 36.0 Å². The number of aromatic nitrogens is 2. The maximum atomic E-state index is 12.7. The molecule has 0 radical (unpaired) electrons. The predicted octanol–water partition coefficient (Wildman–Crippen LogP) is 3.22. The van der Waals surface area contributed by atoms with Crippen molar-refractivity contribution in [2.75, 3.05) is 18.9 Å². The number of nitrogens with zero attached hydrogens (tertiary/aromatic N) is 2. The van der Waals surface area contributed by atoms with E-state index in [-0.39, 0.29) is 11.8 Å². The molecule has 1 fully saturated rings. The van der Waals surface area contributed by atoms with Crippen LogP contribution < -0.4 is 5.32 Å². The van der Waals surface area contributed by atoms with Gasteiger partial charge in [-0.3, -0.25) is 4.79 Å². The summed E-state index contributed by atoms with van der Waals surface area (Å²) >= 11 is 1.47. The first kappa shape index (κ1) is 15.1. The molecule has 2 aromatic heterocycles. The van der Waals surface area contributed by atoms with Crippen LogP contribution in [-0.4, -0.2) is 40.4 Å². The standard InChI is InChI=1S/C19H20N4OS/c1-23-10-12(18(24)22-19-20-5-6-25-19)7-14-13-3-2-4-15-17(13)11(9-21-15)8-16(14)23/h2-6,9,12,14,16,21H,7-8,10H2,1H3,(H,20,22,24)/t12-,14+,16+/m0/s1. The smallest absolute Gasteiger partial charge is 0.230 e. The van der Waals surface area contributed by atoms with Gasteiger partial charge in [-0.25, -0.2) is 4.98 Å². The van der Waals surface area contributed by atoms with Gasteiger partial charge in [0, 0.05) is 47.2 Å². The topological polar surface area (TPSA) is 61.0 Å². The average Bonchev–Trinajstić information content (AvgIpc) is 3.27. The first-order valence-corrected chi connectivity index (χ1v) is 9.58. The first-order chi connectivity index (χ1) is 12.2. The molecule has 1 amide bonds. The molecule has 0 bridgehead atoms. The minimum Gasteiger partial charge on any atom is -0.361 e. The van der Waals surface area contributed by atoms with Crippen LogP contribution in [0.5, 0.6) is 0 Å². The molecule has 1 saturated heterocycles. The molecule has 3 aromatic rings. The Bertz CT molecular complexity index is 932. The number of likely N-dealkylation sites (tertiary alicyclic amines) is 1. The normalized spacial score (nSPS) is 25.7. The average molecular weight is 352 g/mol. The van der Waals surface area contributed by atoms with E-state index in [4.69, 9.17) is 0 Å². The summed E-state index contributed by atoms with van der Waals surface area (Å²) < 4.78 is 0. The van der Waals surface area contributed by atoms with E-state index in [0.717, 1.165) is 19.4 Å². The highest BCUT2D eigenvalue weighted by molar-refractivity contribution is 7.13. The lowest BCUT2D eigenvalue weighted by molar-refractivity contribution is -0.122. The van der Waals surface area contributed by atoms with Crippen molar-refractivity contribution in [3.8, 4) is 0 Å². The molecular weight excluding hydrogens is 332 g/mol. The second-order valence-corrected chi connectivity index (χ2v) is 8.05. The number of benzene rings is 1. The first-order valence-electron chi connectivity index (χ1n) is 8.70. The van der Waals surface area contributed by atoms with Crippen molar-refractivity contribution < 1.29 is 4.79 Å². The number of anilines is 1. The number of likely N-dealkylation sites (N-methyl/N-ethyl adjacent to an activating group) is 1. The van der Waals surface area contributed by atoms with E-state index in [2.05, 4.69) is 51.6 Å². The number of H-pyrrole nitrogens is 1. The molecule has 5 nitrogen and oxygen atoms in total. The Hall–Kier alpha value is -2.18. The molecule has 25 heavy (non-hydrogen) atoms. The highest BCUT2D eigenvalue weighted by Gasteiger charge is 2.41. The third-order valence-corrected chi connectivity index (χ3v) is 6.45. The zero-order chi connectivity index (χ0) is 17.0. The van der Waals surface area contributed by atoms with E-state index in [1.165, 1.54) is 33.4 Å². The van der Waals surface area contributed by atoms with Gasteiger partial charge in [-0.1, -0.05) is 12.1 Å². The van der Waals surface area contributed by atoms with Crippen LogP contribution in [0.3, 0.4) is 0 Å². The highest BCUT2D eigenvalue weighted by atomic mass is 32.1. The molecule has 3 atom stereocenters. The zero-order valence-electron chi connectivity index (χ0n) is 14.0. The van der Waals surface area contributed by atoms with Crippen molar-refractivity contribution in [1.29, 1.82) is 0 Å². The fraction of sp³-hybridized carbons (Fsp3) is 0.368. The third kappa shape index (κ3) is 2.40. The Labute approximate surface area is 150 Å². The van der Waals surface area contributed by atoms with Gasteiger partial charge in [0.05, 0.1) is 5.92 Å². The summed E-state index contributed by atoms with van der Waals surface area (Å²) in [5, 5.41) is 6.93. The van der Waals surface area contributed by atoms with E-state index < -0.39 is 0 Å². The monoisotopic (exact) mass is 352 g/mol. The van der Waals surface area contributed by atoms with Crippen molar-refractivity contribution in [1.82, 2.24) is 14.9 Å². The van der Waals surface area contributed by atoms with Crippen molar-refractivity contribution in [3.63, 3.8) is 0 Å². The summed E-state index contributed by atoms with van der Waals surface area (Å²) in [5.74, 6) is 0.482. The molecular formula is C19H20N4OS. The van der Waals surface area contributed by atoms with E-state index in [1.54, 1.807) is 6.20 Å². The van der Waals surface area contributed by atoms with Crippen LogP contribution in [0.2, 0.25) is 0 Å². The minimum atomic E-state index is -0.00843. The van der Waals surface area contributed by atoms with Gasteiger partial charge in [-0.2, -0.15) is 0 Å². The van der Waals surface area contributed by atoms with E-state index >= 15 is 0 Å². The Kier molecular flexibility index (Phi) is 3.43. The third-order valence-electron chi connectivity index (χ3n) is 5.76. The van der Waals surface area contributed by atoms with Gasteiger partial charge in [-0.15, -0.1) is 11.3 Å². The van der Waals surface area contributed by atoms with Crippen LogP contribution in [0.1, 0.15) is 23.5 Å². The maximum Gasteiger partial charge on any atom is 0.230 e. The molecule has 2 N–H and O–H groups in total. The zero-order valence-corrected chi connectivity index (χ0v) is 14.8. The number of hydrogen-bond donors (Lipinski definition) is 2. The number of carbonyl (C=O) groups excluding carboxylic acids is 1. The number of fused-ring (bicyclic) bond motifs is 2. The van der Waals surface area contributed by atoms with E-state index in [0.29, 0.717) is 17.1 Å². The Balaban J connectivity index is 1.47. The van der Waals surface area contributed by atoms with Crippen molar-refractivity contribution in [2.24, 2.45) is 5.92 Å². The van der Waals surface area contributed by atoms with Gasteiger partial charge in [0.2, 0.25) is 5.91 Å². The summed E-state index contributed by atoms with van der Waals surface area (Å²) in [7, 11) is 2.15. The molecule has 5 rings (SSSR count). The second kappa shape index (κ2) is 5.68. The van der Waals surface area contributed by atoms with Crippen molar-refractivity contribution in [2.45, 2.75) is 24.8 Å². The summed E-state index contributed by atoms with van der Waals surface area (Å²) in [6, 6.07) is 6.98. The van der Waals surface area contributed by atoms with Crippen molar-refractivity contribution >= 4 is 33.3 Å². The molecule has 0 saturated carbocycles. The number of nitrogens with one attached hydrogen (secondary N) is 2. The van der Waals surface area contributed by atoms with Crippen LogP contribution in [-0.2, 0) is 11.2 Å². The largest absolute Gasteiger partial charge is 0.361 e. The van der Waals surface area contributed by atoms with Crippen LogP contribution >= 0.6 is 11.3 Å². The summed E-state index contributed by atoms with van der Waals surface area (Å²) in [4.78, 5) is 22.7. The molecule has 2 aliphatic rings. The number of piperidine rings is 1. The summed E-state index contributed by atoms with van der Waals surface area (Å²) in [6.07, 6.45) is 5.83. The summed E-state index contributed by atoms with van der Waals surface area (Å²) in [5.41, 5.74) is 4.01. The van der Waals surface area contributed by atoms with Gasteiger partial charge < -0.3 is 15.2 Å². The molecule has 128 valence electrons. The fourth-order valence-corrected chi connectivity index (χ4v) is 5.16. The number of rotatable bonds is 2. The molecule has 1 aliphatic carbocycles. The fourth-order valence-electron chi connectivity index (χ4n) is 4.62. The minimum absolute atomic E-state index is 0.00843. The van der Waals surface area contributed by atoms with Gasteiger partial charge in [0.15, 0.2) is 5.13 Å². The molecule has 1 aliphatic heterocycles. The van der Waals surface area contributed by atoms with Gasteiger partial charge in [-0.05, 0) is 37.1 Å². The predicted molar refractivity (Wildman–Crippen MR) is 100 cm³/mol. The number of aromatic amines is 1. The van der Waals surface area contributed by atoms with Gasteiger partial charge in [0.1, 0.15) is 0 Å². The molecule has 0 spiro atoms. The van der Waals surface area contributed by atoms with E-state index in [1.807, 2.05) is 5.38 Å². The molecule has 1 aromatic carbocycles. The number of amides is 1. The number of carbonyl (C=O) groups is 1. The molecule has 6 heteroatoms.